The highest BCUT2D eigenvalue weighted by Gasteiger charge is 2.03. The second-order valence-corrected chi connectivity index (χ2v) is 4.91. The lowest BCUT2D eigenvalue weighted by Gasteiger charge is -2.09. The first-order chi connectivity index (χ1) is 9.19. The van der Waals surface area contributed by atoms with Gasteiger partial charge < -0.3 is 5.32 Å². The van der Waals surface area contributed by atoms with Gasteiger partial charge in [-0.2, -0.15) is 0 Å². The predicted octanol–water partition coefficient (Wildman–Crippen LogP) is 4.00. The molecule has 1 heterocycles. The molecule has 0 atom stereocenters. The molecule has 1 aromatic carbocycles. The van der Waals surface area contributed by atoms with Gasteiger partial charge in [0, 0.05) is 19.0 Å². The summed E-state index contributed by atoms with van der Waals surface area (Å²) in [6.07, 6.45) is 1.86. The van der Waals surface area contributed by atoms with Crippen LogP contribution in [-0.2, 0) is 13.0 Å². The molecule has 2 rings (SSSR count). The Bertz CT molecular complexity index is 555. The van der Waals surface area contributed by atoms with Crippen molar-refractivity contribution in [3.63, 3.8) is 0 Å². The van der Waals surface area contributed by atoms with E-state index in [2.05, 4.69) is 41.3 Å². The van der Waals surface area contributed by atoms with E-state index in [0.29, 0.717) is 5.15 Å². The number of aryl methyl sites for hydroxylation is 2. The van der Waals surface area contributed by atoms with E-state index >= 15 is 0 Å². The third-order valence-corrected chi connectivity index (χ3v) is 3.13. The van der Waals surface area contributed by atoms with Crippen LogP contribution in [0.1, 0.15) is 30.3 Å². The van der Waals surface area contributed by atoms with Crippen molar-refractivity contribution in [1.82, 2.24) is 9.97 Å². The maximum atomic E-state index is 6.01. The lowest BCUT2D eigenvalue weighted by molar-refractivity contribution is 0.834. The first-order valence-electron chi connectivity index (χ1n) is 6.51. The molecule has 3 nitrogen and oxygen atoms in total. The van der Waals surface area contributed by atoms with Gasteiger partial charge in [0.2, 0.25) is 0 Å². The molecule has 4 heteroatoms. The fourth-order valence-electron chi connectivity index (χ4n) is 1.88. The number of hydrogen-bond acceptors (Lipinski definition) is 3. The van der Waals surface area contributed by atoms with Gasteiger partial charge in [-0.15, -0.1) is 0 Å². The van der Waals surface area contributed by atoms with Crippen molar-refractivity contribution in [3.8, 4) is 0 Å². The van der Waals surface area contributed by atoms with Gasteiger partial charge in [0.25, 0.3) is 0 Å². The summed E-state index contributed by atoms with van der Waals surface area (Å²) in [4.78, 5) is 8.67. The SMILES string of the molecule is CCCc1nc(Cl)cc(NCc2ccccc2C)n1. The number of anilines is 1. The van der Waals surface area contributed by atoms with Crippen molar-refractivity contribution in [3.05, 3.63) is 52.4 Å². The monoisotopic (exact) mass is 275 g/mol. The summed E-state index contributed by atoms with van der Waals surface area (Å²) in [6, 6.07) is 10.1. The Hall–Kier alpha value is -1.61. The molecule has 0 spiro atoms. The van der Waals surface area contributed by atoms with Crippen molar-refractivity contribution in [2.75, 3.05) is 5.32 Å². The Balaban J connectivity index is 2.09. The number of hydrogen-bond donors (Lipinski definition) is 1. The fourth-order valence-corrected chi connectivity index (χ4v) is 2.09. The lowest BCUT2D eigenvalue weighted by Crippen LogP contribution is -2.05. The zero-order valence-corrected chi connectivity index (χ0v) is 12.0. The van der Waals surface area contributed by atoms with Crippen LogP contribution in [-0.4, -0.2) is 9.97 Å². The highest BCUT2D eigenvalue weighted by molar-refractivity contribution is 6.29. The molecule has 0 fully saturated rings. The van der Waals surface area contributed by atoms with Crippen molar-refractivity contribution in [2.45, 2.75) is 33.2 Å². The van der Waals surface area contributed by atoms with Gasteiger partial charge in [-0.05, 0) is 24.5 Å². The van der Waals surface area contributed by atoms with Gasteiger partial charge in [0.15, 0.2) is 0 Å². The molecule has 1 N–H and O–H groups in total. The highest BCUT2D eigenvalue weighted by atomic mass is 35.5. The van der Waals surface area contributed by atoms with Crippen LogP contribution in [0.2, 0.25) is 5.15 Å². The molecule has 100 valence electrons. The molecule has 0 saturated carbocycles. The standard InChI is InChI=1S/C15H18ClN3/c1-3-6-14-18-13(16)9-15(19-14)17-10-12-8-5-4-7-11(12)2/h4-5,7-9H,3,6,10H2,1-2H3,(H,17,18,19). The molecule has 1 aromatic heterocycles. The van der Waals surface area contributed by atoms with Crippen molar-refractivity contribution < 1.29 is 0 Å². The number of rotatable bonds is 5. The summed E-state index contributed by atoms with van der Waals surface area (Å²) < 4.78 is 0. The Kier molecular flexibility index (Phi) is 4.74. The average Bonchev–Trinajstić information content (AvgIpc) is 2.37. The number of halogens is 1. The van der Waals surface area contributed by atoms with Crippen molar-refractivity contribution in [1.29, 1.82) is 0 Å². The first-order valence-corrected chi connectivity index (χ1v) is 6.88. The van der Waals surface area contributed by atoms with Gasteiger partial charge in [-0.25, -0.2) is 9.97 Å². The molecule has 0 aliphatic heterocycles. The Morgan fingerprint density at radius 3 is 2.74 bits per heavy atom. The molecule has 2 aromatic rings. The molecule has 0 aliphatic rings. The maximum Gasteiger partial charge on any atom is 0.134 e. The molecule has 19 heavy (non-hydrogen) atoms. The molecule has 0 amide bonds. The minimum atomic E-state index is 0.491. The minimum absolute atomic E-state index is 0.491. The Morgan fingerprint density at radius 1 is 1.21 bits per heavy atom. The quantitative estimate of drug-likeness (QED) is 0.838. The van der Waals surface area contributed by atoms with E-state index < -0.39 is 0 Å². The van der Waals surface area contributed by atoms with E-state index in [9.17, 15) is 0 Å². The van der Waals surface area contributed by atoms with Crippen LogP contribution < -0.4 is 5.32 Å². The van der Waals surface area contributed by atoms with Crippen molar-refractivity contribution in [2.24, 2.45) is 0 Å². The molecule has 0 unspecified atom stereocenters. The molecule has 0 bridgehead atoms. The second kappa shape index (κ2) is 6.53. The van der Waals surface area contributed by atoms with E-state index in [0.717, 1.165) is 31.0 Å². The number of nitrogens with one attached hydrogen (secondary N) is 1. The summed E-state index contributed by atoms with van der Waals surface area (Å²) >= 11 is 6.01. The predicted molar refractivity (Wildman–Crippen MR) is 79.5 cm³/mol. The lowest BCUT2D eigenvalue weighted by atomic mass is 10.1. The van der Waals surface area contributed by atoms with Crippen LogP contribution in [0.15, 0.2) is 30.3 Å². The molecule has 0 aliphatic carbocycles. The van der Waals surface area contributed by atoms with Gasteiger partial charge in [0.1, 0.15) is 16.8 Å². The fraction of sp³-hybridized carbons (Fsp3) is 0.333. The van der Waals surface area contributed by atoms with Crippen LogP contribution in [0.4, 0.5) is 5.82 Å². The number of nitrogens with zero attached hydrogens (tertiary/aromatic N) is 2. The van der Waals surface area contributed by atoms with Gasteiger partial charge in [-0.3, -0.25) is 0 Å². The number of benzene rings is 1. The molecular formula is C15H18ClN3. The van der Waals surface area contributed by atoms with Crippen LogP contribution in [0, 0.1) is 6.92 Å². The van der Waals surface area contributed by atoms with Crippen LogP contribution in [0.5, 0.6) is 0 Å². The zero-order chi connectivity index (χ0) is 13.7. The normalized spacial score (nSPS) is 10.5. The van der Waals surface area contributed by atoms with Crippen molar-refractivity contribution >= 4 is 17.4 Å². The van der Waals surface area contributed by atoms with E-state index in [1.165, 1.54) is 11.1 Å². The van der Waals surface area contributed by atoms with E-state index in [-0.39, 0.29) is 0 Å². The van der Waals surface area contributed by atoms with E-state index in [4.69, 9.17) is 11.6 Å². The summed E-state index contributed by atoms with van der Waals surface area (Å²) in [7, 11) is 0. The largest absolute Gasteiger partial charge is 0.366 e. The zero-order valence-electron chi connectivity index (χ0n) is 11.3. The average molecular weight is 276 g/mol. The summed E-state index contributed by atoms with van der Waals surface area (Å²) in [6.45, 7) is 4.95. The molecule has 0 saturated heterocycles. The second-order valence-electron chi connectivity index (χ2n) is 4.52. The Labute approximate surface area is 119 Å². The summed E-state index contributed by atoms with van der Waals surface area (Å²) in [5.74, 6) is 1.58. The molecular weight excluding hydrogens is 258 g/mol. The number of aromatic nitrogens is 2. The van der Waals surface area contributed by atoms with Gasteiger partial charge in [0.05, 0.1) is 0 Å². The topological polar surface area (TPSA) is 37.8 Å². The maximum absolute atomic E-state index is 6.01. The molecule has 0 radical (unpaired) electrons. The van der Waals surface area contributed by atoms with Crippen LogP contribution in [0.25, 0.3) is 0 Å². The summed E-state index contributed by atoms with van der Waals surface area (Å²) in [5, 5.41) is 3.80. The highest BCUT2D eigenvalue weighted by Crippen LogP contribution is 2.15. The van der Waals surface area contributed by atoms with Gasteiger partial charge >= 0.3 is 0 Å². The minimum Gasteiger partial charge on any atom is -0.366 e. The van der Waals surface area contributed by atoms with Gasteiger partial charge in [-0.1, -0.05) is 42.8 Å². The third-order valence-electron chi connectivity index (χ3n) is 2.94. The third kappa shape index (κ3) is 3.93. The summed E-state index contributed by atoms with van der Waals surface area (Å²) in [5.41, 5.74) is 2.53. The van der Waals surface area contributed by atoms with Crippen LogP contribution >= 0.6 is 11.6 Å². The smallest absolute Gasteiger partial charge is 0.134 e. The first kappa shape index (κ1) is 13.8. The Morgan fingerprint density at radius 2 is 2.00 bits per heavy atom. The van der Waals surface area contributed by atoms with E-state index in [1.54, 1.807) is 6.07 Å². The van der Waals surface area contributed by atoms with E-state index in [1.807, 2.05) is 12.1 Å². The van der Waals surface area contributed by atoms with Crippen LogP contribution in [0.3, 0.4) is 0 Å².